The first-order chi connectivity index (χ1) is 9.79. The Labute approximate surface area is 204 Å². The molecule has 0 aromatic heterocycles. The van der Waals surface area contributed by atoms with E-state index in [4.69, 9.17) is 12.2 Å². The van der Waals surface area contributed by atoms with Crippen LogP contribution >= 0.6 is 48.8 Å². The van der Waals surface area contributed by atoms with Crippen molar-refractivity contribution >= 4 is 117 Å². The molecule has 2 N–H and O–H groups in total. The van der Waals surface area contributed by atoms with E-state index in [2.05, 4.69) is 96.0 Å². The van der Waals surface area contributed by atoms with Crippen molar-refractivity contribution in [2.75, 3.05) is 32.4 Å². The number of nitrogens with one attached hydrogen (secondary N) is 2. The van der Waals surface area contributed by atoms with Gasteiger partial charge in [-0.3, -0.25) is 0 Å². The number of rotatable bonds is 6. The average Bonchev–Trinajstić information content (AvgIpc) is 2.39. The number of thioether (sulfide) groups is 1. The van der Waals surface area contributed by atoms with Gasteiger partial charge in [0.25, 0.3) is 0 Å². The topological polar surface area (TPSA) is 48.8 Å². The van der Waals surface area contributed by atoms with E-state index in [1.165, 1.54) is 11.8 Å². The molecule has 129 valence electrons. The molecule has 0 aliphatic heterocycles. The standard InChI is InChI=1S/C5H10N2S4.C4H8N2S4.Mn.Zn/c1-11-5(10)7-3-2-6-4(8)9;7-3(8)5-1-2-6-4(9)10;;/h2-3H2,1H3,(H,7,10)(H2,6,8,9);1-2H2,(H2,5,7,8)(H2,6,9,10);;/q;;+2;/p-4. The summed E-state index contributed by atoms with van der Waals surface area (Å²) in [5, 5.41) is 5.85. The van der Waals surface area contributed by atoms with Gasteiger partial charge in [0.2, 0.25) is 0 Å². The number of aliphatic imine (C=N–C) groups is 2. The number of thiol groups is 1. The molecule has 0 aromatic carbocycles. The van der Waals surface area contributed by atoms with Gasteiger partial charge in [-0.1, -0.05) is 20.9 Å². The Kier molecular flexibility index (Phi) is 33.7. The zero-order valence-electron chi connectivity index (χ0n) is 12.1. The first kappa shape index (κ1) is 32.5. The molecule has 0 bridgehead atoms. The van der Waals surface area contributed by atoms with Crippen LogP contribution in [0.1, 0.15) is 0 Å². The van der Waals surface area contributed by atoms with E-state index >= 15 is 0 Å². The Morgan fingerprint density at radius 1 is 1.04 bits per heavy atom. The normalized spacial score (nSPS) is 9.04. The van der Waals surface area contributed by atoms with Gasteiger partial charge in [0.1, 0.15) is 4.32 Å². The molecule has 0 rings (SSSR count). The Hall–Kier alpha value is 1.84. The maximum Gasteiger partial charge on any atom is 2.00 e. The van der Waals surface area contributed by atoms with Gasteiger partial charge in [0, 0.05) is 32.6 Å². The van der Waals surface area contributed by atoms with Gasteiger partial charge >= 0.3 is 17.1 Å². The van der Waals surface area contributed by atoms with Crippen LogP contribution in [0.3, 0.4) is 0 Å². The van der Waals surface area contributed by atoms with Crippen molar-refractivity contribution in [3.63, 3.8) is 0 Å². The van der Waals surface area contributed by atoms with Crippen LogP contribution in [0.4, 0.5) is 0 Å². The molecule has 0 atom stereocenters. The summed E-state index contributed by atoms with van der Waals surface area (Å²) in [4.78, 5) is 7.55. The van der Waals surface area contributed by atoms with Crippen LogP contribution in [0, 0.1) is 0 Å². The van der Waals surface area contributed by atoms with Gasteiger partial charge in [-0.2, -0.15) is 12.6 Å². The van der Waals surface area contributed by atoms with E-state index in [1.807, 2.05) is 6.26 Å². The van der Waals surface area contributed by atoms with Crippen LogP contribution in [-0.4, -0.2) is 49.8 Å². The molecule has 1 radical (unpaired) electrons. The van der Waals surface area contributed by atoms with E-state index in [0.717, 1.165) is 17.4 Å². The van der Waals surface area contributed by atoms with Gasteiger partial charge < -0.3 is 83.4 Å². The molecule has 14 heteroatoms. The first-order valence-corrected chi connectivity index (χ1v) is 9.47. The van der Waals surface area contributed by atoms with Crippen LogP contribution in [0.2, 0.25) is 0 Å². The van der Waals surface area contributed by atoms with Crippen LogP contribution in [0.25, 0.3) is 0 Å². The SMILES string of the molecule is CSC(=S)NCCNC(=S)[S-].[Mn+2].[S-]C([S-])=NCCN=C([S-])S.[Zn]. The summed E-state index contributed by atoms with van der Waals surface area (Å²) in [6, 6.07) is 0. The number of thiocarbonyl (C=S) groups is 2. The first-order valence-electron chi connectivity index (χ1n) is 5.35. The second kappa shape index (κ2) is 23.8. The summed E-state index contributed by atoms with van der Waals surface area (Å²) in [5.74, 6) is 0. The second-order valence-electron chi connectivity index (χ2n) is 2.94. The second-order valence-corrected chi connectivity index (χ2v) is 7.65. The molecule has 0 fully saturated rings. The van der Waals surface area contributed by atoms with Crippen LogP contribution in [0.15, 0.2) is 9.98 Å². The zero-order valence-corrected chi connectivity index (χ0v) is 22.9. The average molecular weight is 555 g/mol. The van der Waals surface area contributed by atoms with Crippen molar-refractivity contribution in [1.29, 1.82) is 0 Å². The minimum Gasteiger partial charge on any atom is -0.789 e. The Morgan fingerprint density at radius 2 is 1.52 bits per heavy atom. The predicted octanol–water partition coefficient (Wildman–Crippen LogP) is 0.909. The van der Waals surface area contributed by atoms with E-state index in [1.54, 1.807) is 0 Å². The molecule has 0 saturated heterocycles. The molecule has 0 spiro atoms. The summed E-state index contributed by atoms with van der Waals surface area (Å²) >= 11 is 33.1. The fourth-order valence-corrected chi connectivity index (χ4v) is 1.61. The van der Waals surface area contributed by atoms with Crippen molar-refractivity contribution < 1.29 is 36.5 Å². The molecule has 4 nitrogen and oxygen atoms in total. The van der Waals surface area contributed by atoms with Crippen molar-refractivity contribution in [3.8, 4) is 0 Å². The third-order valence-electron chi connectivity index (χ3n) is 1.44. The molecule has 23 heavy (non-hydrogen) atoms. The minimum absolute atomic E-state index is 0. The van der Waals surface area contributed by atoms with Crippen LogP contribution in [0.5, 0.6) is 0 Å². The van der Waals surface area contributed by atoms with E-state index in [-0.39, 0.29) is 40.9 Å². The van der Waals surface area contributed by atoms with Gasteiger partial charge in [-0.05, 0) is 6.26 Å². The molecule has 0 heterocycles. The van der Waals surface area contributed by atoms with Crippen molar-refractivity contribution in [2.24, 2.45) is 9.98 Å². The third-order valence-corrected chi connectivity index (χ3v) is 3.41. The molecule has 0 aliphatic carbocycles. The smallest absolute Gasteiger partial charge is 0.789 e. The van der Waals surface area contributed by atoms with Crippen molar-refractivity contribution in [1.82, 2.24) is 10.6 Å². The maximum absolute atomic E-state index is 4.90. The van der Waals surface area contributed by atoms with Crippen molar-refractivity contribution in [3.05, 3.63) is 0 Å². The summed E-state index contributed by atoms with van der Waals surface area (Å²) in [6.07, 6.45) is 1.93. The van der Waals surface area contributed by atoms with Crippen molar-refractivity contribution in [2.45, 2.75) is 0 Å². The van der Waals surface area contributed by atoms with Crippen LogP contribution < -0.4 is 10.6 Å². The molecule has 0 aliphatic rings. The van der Waals surface area contributed by atoms with Crippen LogP contribution in [-0.2, 0) is 87.1 Å². The number of nitrogens with zero attached hydrogens (tertiary/aromatic N) is 2. The van der Waals surface area contributed by atoms with Gasteiger partial charge in [0.15, 0.2) is 0 Å². The fraction of sp³-hybridized carbons (Fsp3) is 0.556. The number of hydrogen-bond acceptors (Lipinski definition) is 9. The molecule has 0 unspecified atom stereocenters. The molecule has 0 aromatic rings. The minimum atomic E-state index is 0. The monoisotopic (exact) mass is 553 g/mol. The third kappa shape index (κ3) is 35.7. The van der Waals surface area contributed by atoms with E-state index in [0.29, 0.717) is 21.8 Å². The summed E-state index contributed by atoms with van der Waals surface area (Å²) in [5.41, 5.74) is 0. The largest absolute Gasteiger partial charge is 2.00 e. The number of hydrogen-bond donors (Lipinski definition) is 3. The summed E-state index contributed by atoms with van der Waals surface area (Å²) < 4.78 is 1.77. The summed E-state index contributed by atoms with van der Waals surface area (Å²) in [6.45, 7) is 2.50. The fourth-order valence-electron chi connectivity index (χ4n) is 0.688. The summed E-state index contributed by atoms with van der Waals surface area (Å²) in [7, 11) is 0. The van der Waals surface area contributed by atoms with E-state index < -0.39 is 0 Å². The maximum atomic E-state index is 4.90. The van der Waals surface area contributed by atoms with Gasteiger partial charge in [0.05, 0.1) is 13.1 Å². The van der Waals surface area contributed by atoms with Gasteiger partial charge in [-0.15, -0.1) is 11.8 Å². The quantitative estimate of drug-likeness (QED) is 0.0846. The molecule has 0 saturated carbocycles. The van der Waals surface area contributed by atoms with E-state index in [9.17, 15) is 0 Å². The Balaban J connectivity index is -0.000000145. The molecular weight excluding hydrogens is 541 g/mol. The molecule has 0 amide bonds. The zero-order chi connectivity index (χ0) is 16.7. The predicted molar refractivity (Wildman–Crippen MR) is 118 cm³/mol. The van der Waals surface area contributed by atoms with Gasteiger partial charge in [-0.25, -0.2) is 4.38 Å². The Morgan fingerprint density at radius 3 is 1.91 bits per heavy atom. The molecular formula is C9H14MnN4S8Zn-2. The Bertz CT molecular complexity index is 357.